The average Bonchev–Trinajstić information content (AvgIpc) is 3.08. The summed E-state index contributed by atoms with van der Waals surface area (Å²) in [6.45, 7) is 2.30. The Bertz CT molecular complexity index is 689. The normalized spacial score (nSPS) is 27.9. The van der Waals surface area contributed by atoms with Gasteiger partial charge in [0.05, 0.1) is 31.9 Å². The van der Waals surface area contributed by atoms with E-state index in [1.54, 1.807) is 17.5 Å². The Morgan fingerprint density at radius 2 is 2.00 bits per heavy atom. The molecule has 9 heteroatoms. The third-order valence-electron chi connectivity index (χ3n) is 4.26. The van der Waals surface area contributed by atoms with Gasteiger partial charge in [-0.05, 0) is 11.4 Å². The Balaban J connectivity index is 1.64. The molecule has 2 saturated heterocycles. The van der Waals surface area contributed by atoms with Crippen molar-refractivity contribution in [3.8, 4) is 0 Å². The molecular weight excluding hydrogens is 332 g/mol. The first-order valence-electron chi connectivity index (χ1n) is 6.97. The summed E-state index contributed by atoms with van der Waals surface area (Å²) in [5, 5.41) is 1.76. The van der Waals surface area contributed by atoms with Crippen molar-refractivity contribution in [3.05, 3.63) is 17.5 Å². The predicted molar refractivity (Wildman–Crippen MR) is 80.8 cm³/mol. The molecule has 1 aromatic heterocycles. The van der Waals surface area contributed by atoms with Crippen molar-refractivity contribution in [2.24, 2.45) is 0 Å². The zero-order valence-corrected chi connectivity index (χ0v) is 14.0. The molecule has 1 N–H and O–H groups in total. The highest BCUT2D eigenvalue weighted by Gasteiger charge is 2.39. The van der Waals surface area contributed by atoms with Crippen LogP contribution in [0.25, 0.3) is 0 Å². The minimum absolute atomic E-state index is 0.140. The van der Waals surface area contributed by atoms with Crippen LogP contribution in [0.3, 0.4) is 0 Å². The van der Waals surface area contributed by atoms with E-state index in [1.165, 1.54) is 20.5 Å². The van der Waals surface area contributed by atoms with Gasteiger partial charge in [0.25, 0.3) is 10.0 Å². The number of quaternary nitrogens is 1. The van der Waals surface area contributed by atoms with Crippen molar-refractivity contribution in [2.75, 3.05) is 37.7 Å². The summed E-state index contributed by atoms with van der Waals surface area (Å²) in [5.74, 6) is 0.526. The van der Waals surface area contributed by atoms with Gasteiger partial charge in [0.2, 0.25) is 0 Å². The molecule has 21 heavy (non-hydrogen) atoms. The topological polar surface area (TPSA) is 76.0 Å². The SMILES string of the molecule is O=S1(=O)CC[C@@H]([NH+]2CCN(S(=O)(=O)c3cccs3)CC2)C1. The summed E-state index contributed by atoms with van der Waals surface area (Å²) < 4.78 is 49.8. The lowest BCUT2D eigenvalue weighted by Gasteiger charge is -2.34. The molecule has 2 aliphatic heterocycles. The summed E-state index contributed by atoms with van der Waals surface area (Å²) in [7, 11) is -6.24. The van der Waals surface area contributed by atoms with E-state index in [1.807, 2.05) is 0 Å². The molecule has 0 spiro atoms. The summed E-state index contributed by atoms with van der Waals surface area (Å²) in [4.78, 5) is 1.23. The van der Waals surface area contributed by atoms with Gasteiger partial charge in [-0.1, -0.05) is 6.07 Å². The second kappa shape index (κ2) is 5.62. The van der Waals surface area contributed by atoms with E-state index in [9.17, 15) is 16.8 Å². The highest BCUT2D eigenvalue weighted by atomic mass is 32.2. The Morgan fingerprint density at radius 1 is 1.29 bits per heavy atom. The van der Waals surface area contributed by atoms with Gasteiger partial charge in [-0.15, -0.1) is 11.3 Å². The number of rotatable bonds is 3. The van der Waals surface area contributed by atoms with E-state index in [0.717, 1.165) is 0 Å². The lowest BCUT2D eigenvalue weighted by Crippen LogP contribution is -3.18. The molecule has 118 valence electrons. The minimum atomic E-state index is -3.37. The highest BCUT2D eigenvalue weighted by Crippen LogP contribution is 2.20. The van der Waals surface area contributed by atoms with Crippen LogP contribution in [0.1, 0.15) is 6.42 Å². The first-order chi connectivity index (χ1) is 9.88. The zero-order valence-electron chi connectivity index (χ0n) is 11.6. The molecular formula is C12H19N2O4S3+. The van der Waals surface area contributed by atoms with E-state index in [-0.39, 0.29) is 17.5 Å². The Morgan fingerprint density at radius 3 is 2.52 bits per heavy atom. The van der Waals surface area contributed by atoms with Crippen LogP contribution in [-0.4, -0.2) is 64.9 Å². The summed E-state index contributed by atoms with van der Waals surface area (Å²) >= 11 is 1.23. The van der Waals surface area contributed by atoms with Crippen LogP contribution in [0.2, 0.25) is 0 Å². The van der Waals surface area contributed by atoms with Gasteiger partial charge in [0, 0.05) is 6.42 Å². The molecule has 0 amide bonds. The van der Waals surface area contributed by atoms with Gasteiger partial charge in [-0.3, -0.25) is 0 Å². The first-order valence-corrected chi connectivity index (χ1v) is 11.1. The molecule has 1 atom stereocenters. The molecule has 0 aliphatic carbocycles. The number of sulfonamides is 1. The molecule has 6 nitrogen and oxygen atoms in total. The van der Waals surface area contributed by atoms with E-state index in [4.69, 9.17) is 0 Å². The summed E-state index contributed by atoms with van der Waals surface area (Å²) in [6.07, 6.45) is 0.704. The van der Waals surface area contributed by atoms with Crippen molar-refractivity contribution in [3.63, 3.8) is 0 Å². The van der Waals surface area contributed by atoms with Crippen LogP contribution in [0.5, 0.6) is 0 Å². The van der Waals surface area contributed by atoms with Crippen molar-refractivity contribution in [2.45, 2.75) is 16.7 Å². The lowest BCUT2D eigenvalue weighted by atomic mass is 10.2. The van der Waals surface area contributed by atoms with Crippen molar-refractivity contribution in [1.29, 1.82) is 0 Å². The number of hydrogen-bond donors (Lipinski definition) is 1. The standard InChI is InChI=1S/C12H18N2O4S3/c15-20(16)9-3-11(10-20)13-4-6-14(7-5-13)21(17,18)12-2-1-8-19-12/h1-2,8,11H,3-7,9-10H2/p+1/t11-/m1/s1. The highest BCUT2D eigenvalue weighted by molar-refractivity contribution is 7.91. The molecule has 3 rings (SSSR count). The molecule has 1 aromatic rings. The van der Waals surface area contributed by atoms with E-state index >= 15 is 0 Å². The maximum absolute atomic E-state index is 12.4. The number of nitrogens with one attached hydrogen (secondary N) is 1. The van der Waals surface area contributed by atoms with Crippen molar-refractivity contribution < 1.29 is 21.7 Å². The van der Waals surface area contributed by atoms with Crippen LogP contribution in [-0.2, 0) is 19.9 Å². The molecule has 0 aromatic carbocycles. The summed E-state index contributed by atoms with van der Waals surface area (Å²) in [5.41, 5.74) is 0. The first kappa shape index (κ1) is 15.4. The lowest BCUT2D eigenvalue weighted by molar-refractivity contribution is -0.925. The maximum atomic E-state index is 12.4. The van der Waals surface area contributed by atoms with Crippen LogP contribution < -0.4 is 4.90 Å². The quantitative estimate of drug-likeness (QED) is 0.744. The fourth-order valence-electron chi connectivity index (χ4n) is 3.08. The third-order valence-corrected chi connectivity index (χ3v) is 9.30. The van der Waals surface area contributed by atoms with Crippen LogP contribution >= 0.6 is 11.3 Å². The zero-order chi connectivity index (χ0) is 15.1. The fourth-order valence-corrected chi connectivity index (χ4v) is 7.49. The molecule has 0 saturated carbocycles. The number of nitrogens with zero attached hydrogens (tertiary/aromatic N) is 1. The molecule has 0 bridgehead atoms. The van der Waals surface area contributed by atoms with Gasteiger partial charge in [-0.2, -0.15) is 4.31 Å². The second-order valence-electron chi connectivity index (χ2n) is 5.59. The van der Waals surface area contributed by atoms with E-state index < -0.39 is 19.9 Å². The Labute approximate surface area is 129 Å². The van der Waals surface area contributed by atoms with Gasteiger partial charge in [0.15, 0.2) is 9.84 Å². The maximum Gasteiger partial charge on any atom is 0.252 e. The average molecular weight is 351 g/mol. The van der Waals surface area contributed by atoms with Gasteiger partial charge < -0.3 is 4.90 Å². The molecule has 2 aliphatic rings. The van der Waals surface area contributed by atoms with Crippen molar-refractivity contribution in [1.82, 2.24) is 4.31 Å². The van der Waals surface area contributed by atoms with Gasteiger partial charge >= 0.3 is 0 Å². The number of sulfone groups is 1. The van der Waals surface area contributed by atoms with Crippen LogP contribution in [0, 0.1) is 0 Å². The summed E-state index contributed by atoms with van der Waals surface area (Å²) in [6, 6.07) is 3.51. The Hall–Kier alpha value is -0.480. The number of piperazine rings is 1. The fraction of sp³-hybridized carbons (Fsp3) is 0.667. The smallest absolute Gasteiger partial charge is 0.252 e. The van der Waals surface area contributed by atoms with Crippen molar-refractivity contribution >= 4 is 31.2 Å². The molecule has 0 radical (unpaired) electrons. The molecule has 3 heterocycles. The predicted octanol–water partition coefficient (Wildman–Crippen LogP) is -1.18. The minimum Gasteiger partial charge on any atom is -0.329 e. The van der Waals surface area contributed by atoms with E-state index in [0.29, 0.717) is 36.8 Å². The van der Waals surface area contributed by atoms with Gasteiger partial charge in [-0.25, -0.2) is 16.8 Å². The third kappa shape index (κ3) is 3.16. The van der Waals surface area contributed by atoms with Crippen LogP contribution in [0.4, 0.5) is 0 Å². The Kier molecular flexibility index (Phi) is 4.12. The van der Waals surface area contributed by atoms with Gasteiger partial charge in [0.1, 0.15) is 16.0 Å². The monoisotopic (exact) mass is 351 g/mol. The second-order valence-corrected chi connectivity index (χ2v) is 10.9. The largest absolute Gasteiger partial charge is 0.329 e. The number of hydrogen-bond acceptors (Lipinski definition) is 5. The number of thiophene rings is 1. The van der Waals surface area contributed by atoms with E-state index in [2.05, 4.69) is 0 Å². The molecule has 0 unspecified atom stereocenters. The van der Waals surface area contributed by atoms with Crippen LogP contribution in [0.15, 0.2) is 21.7 Å². The molecule has 2 fully saturated rings.